The first-order valence-electron chi connectivity index (χ1n) is 5.83. The number of aromatic nitrogens is 3. The van der Waals surface area contributed by atoms with E-state index in [4.69, 9.17) is 0 Å². The van der Waals surface area contributed by atoms with Gasteiger partial charge in [-0.25, -0.2) is 9.78 Å². The van der Waals surface area contributed by atoms with Crippen molar-refractivity contribution in [3.05, 3.63) is 28.8 Å². The third kappa shape index (κ3) is 1.75. The van der Waals surface area contributed by atoms with Crippen molar-refractivity contribution in [2.24, 2.45) is 0 Å². The molecule has 0 aliphatic rings. The average Bonchev–Trinajstić information content (AvgIpc) is 2.62. The minimum absolute atomic E-state index is 0.0472. The lowest BCUT2D eigenvalue weighted by Gasteiger charge is -2.15. The maximum atomic E-state index is 11.9. The molecule has 2 aromatic rings. The predicted molar refractivity (Wildman–Crippen MR) is 64.6 cm³/mol. The number of pyridine rings is 1. The van der Waals surface area contributed by atoms with Crippen LogP contribution in [0.1, 0.15) is 39.2 Å². The largest absolute Gasteiger partial charge is 0.327 e. The summed E-state index contributed by atoms with van der Waals surface area (Å²) >= 11 is 0. The lowest BCUT2D eigenvalue weighted by Crippen LogP contribution is -2.21. The number of imidazole rings is 1. The molecule has 2 rings (SSSR count). The predicted octanol–water partition coefficient (Wildman–Crippen LogP) is 2.48. The number of hydrogen-bond donors (Lipinski definition) is 1. The van der Waals surface area contributed by atoms with Gasteiger partial charge in [0.15, 0.2) is 5.65 Å². The average molecular weight is 219 g/mol. The number of hydrogen-bond acceptors (Lipinski definition) is 2. The summed E-state index contributed by atoms with van der Waals surface area (Å²) in [6.45, 7) is 4.25. The summed E-state index contributed by atoms with van der Waals surface area (Å²) < 4.78 is 1.84. The highest BCUT2D eigenvalue weighted by Crippen LogP contribution is 2.20. The van der Waals surface area contributed by atoms with E-state index in [9.17, 15) is 4.79 Å². The molecule has 0 radical (unpaired) electrons. The van der Waals surface area contributed by atoms with Gasteiger partial charge in [-0.1, -0.05) is 20.3 Å². The SMILES string of the molecule is CCCC(CC)n1c(=O)[nH]c2ncccc21. The first-order valence-corrected chi connectivity index (χ1v) is 5.83. The van der Waals surface area contributed by atoms with Crippen LogP contribution in [0.4, 0.5) is 0 Å². The molecule has 4 heteroatoms. The Morgan fingerprint density at radius 2 is 2.31 bits per heavy atom. The standard InChI is InChI=1S/C12H17N3O/c1-3-6-9(4-2)15-10-7-5-8-13-11(10)14-12(15)16/h5,7-9H,3-4,6H2,1-2H3,(H,13,14,16). The molecule has 0 aromatic carbocycles. The summed E-state index contributed by atoms with van der Waals surface area (Å²) in [4.78, 5) is 18.8. The molecule has 0 saturated carbocycles. The van der Waals surface area contributed by atoms with E-state index in [1.54, 1.807) is 6.20 Å². The molecule has 1 unspecified atom stereocenters. The third-order valence-corrected chi connectivity index (χ3v) is 2.95. The molecule has 1 N–H and O–H groups in total. The Morgan fingerprint density at radius 1 is 1.50 bits per heavy atom. The van der Waals surface area contributed by atoms with Crippen molar-refractivity contribution >= 4 is 11.2 Å². The molecular weight excluding hydrogens is 202 g/mol. The molecule has 0 fully saturated rings. The van der Waals surface area contributed by atoms with E-state index in [1.165, 1.54) is 0 Å². The van der Waals surface area contributed by atoms with E-state index < -0.39 is 0 Å². The minimum atomic E-state index is -0.0472. The minimum Gasteiger partial charge on any atom is -0.290 e. The van der Waals surface area contributed by atoms with Gasteiger partial charge >= 0.3 is 5.69 Å². The summed E-state index contributed by atoms with van der Waals surface area (Å²) in [5, 5.41) is 0. The summed E-state index contributed by atoms with van der Waals surface area (Å²) in [7, 11) is 0. The molecule has 16 heavy (non-hydrogen) atoms. The van der Waals surface area contributed by atoms with Crippen molar-refractivity contribution in [1.82, 2.24) is 14.5 Å². The summed E-state index contributed by atoms with van der Waals surface area (Å²) in [5.74, 6) is 0. The second-order valence-electron chi connectivity index (χ2n) is 4.02. The molecule has 0 saturated heterocycles. The smallest absolute Gasteiger partial charge is 0.290 e. The van der Waals surface area contributed by atoms with E-state index in [2.05, 4.69) is 23.8 Å². The van der Waals surface area contributed by atoms with Crippen LogP contribution in [-0.4, -0.2) is 14.5 Å². The maximum Gasteiger partial charge on any atom is 0.327 e. The van der Waals surface area contributed by atoms with Gasteiger partial charge < -0.3 is 0 Å². The van der Waals surface area contributed by atoms with Crippen LogP contribution in [-0.2, 0) is 0 Å². The summed E-state index contributed by atoms with van der Waals surface area (Å²) in [6.07, 6.45) is 4.77. The van der Waals surface area contributed by atoms with Crippen LogP contribution < -0.4 is 5.69 Å². The van der Waals surface area contributed by atoms with Crippen molar-refractivity contribution in [3.63, 3.8) is 0 Å². The lowest BCUT2D eigenvalue weighted by atomic mass is 10.1. The van der Waals surface area contributed by atoms with E-state index in [1.807, 2.05) is 16.7 Å². The maximum absolute atomic E-state index is 11.9. The Labute approximate surface area is 94.3 Å². The quantitative estimate of drug-likeness (QED) is 0.858. The Kier molecular flexibility index (Phi) is 3.08. The monoisotopic (exact) mass is 219 g/mol. The molecular formula is C12H17N3O. The number of H-pyrrole nitrogens is 1. The topological polar surface area (TPSA) is 50.7 Å². The van der Waals surface area contributed by atoms with Crippen molar-refractivity contribution < 1.29 is 0 Å². The van der Waals surface area contributed by atoms with Crippen molar-refractivity contribution in [1.29, 1.82) is 0 Å². The van der Waals surface area contributed by atoms with E-state index in [0.29, 0.717) is 5.65 Å². The van der Waals surface area contributed by atoms with Crippen LogP contribution in [0.3, 0.4) is 0 Å². The Hall–Kier alpha value is -1.58. The molecule has 86 valence electrons. The molecule has 0 amide bonds. The molecule has 4 nitrogen and oxygen atoms in total. The number of fused-ring (bicyclic) bond motifs is 1. The second kappa shape index (κ2) is 4.51. The number of aromatic amines is 1. The van der Waals surface area contributed by atoms with Gasteiger partial charge in [0.1, 0.15) is 0 Å². The van der Waals surface area contributed by atoms with E-state index in [0.717, 1.165) is 24.8 Å². The third-order valence-electron chi connectivity index (χ3n) is 2.95. The molecule has 0 aliphatic heterocycles. The highest BCUT2D eigenvalue weighted by Gasteiger charge is 2.14. The van der Waals surface area contributed by atoms with Crippen molar-refractivity contribution in [2.45, 2.75) is 39.2 Å². The molecule has 0 aliphatic carbocycles. The van der Waals surface area contributed by atoms with Gasteiger partial charge in [-0.2, -0.15) is 0 Å². The lowest BCUT2D eigenvalue weighted by molar-refractivity contribution is 0.447. The van der Waals surface area contributed by atoms with Gasteiger partial charge in [0.25, 0.3) is 0 Å². The van der Waals surface area contributed by atoms with Crippen LogP contribution in [0.2, 0.25) is 0 Å². The van der Waals surface area contributed by atoms with Crippen molar-refractivity contribution in [3.8, 4) is 0 Å². The fraction of sp³-hybridized carbons (Fsp3) is 0.500. The van der Waals surface area contributed by atoms with Crippen LogP contribution in [0.25, 0.3) is 11.2 Å². The molecule has 2 aromatic heterocycles. The summed E-state index contributed by atoms with van der Waals surface area (Å²) in [5.41, 5.74) is 1.55. The van der Waals surface area contributed by atoms with Gasteiger partial charge in [-0.3, -0.25) is 9.55 Å². The van der Waals surface area contributed by atoms with E-state index in [-0.39, 0.29) is 11.7 Å². The summed E-state index contributed by atoms with van der Waals surface area (Å²) in [6, 6.07) is 4.08. The van der Waals surface area contributed by atoms with Gasteiger partial charge in [0, 0.05) is 12.2 Å². The molecule has 1 atom stereocenters. The number of nitrogens with zero attached hydrogens (tertiary/aromatic N) is 2. The van der Waals surface area contributed by atoms with Crippen LogP contribution in [0.15, 0.2) is 23.1 Å². The van der Waals surface area contributed by atoms with Gasteiger partial charge in [0.2, 0.25) is 0 Å². The zero-order valence-corrected chi connectivity index (χ0v) is 9.73. The number of nitrogens with one attached hydrogen (secondary N) is 1. The zero-order chi connectivity index (χ0) is 11.5. The van der Waals surface area contributed by atoms with Crippen molar-refractivity contribution in [2.75, 3.05) is 0 Å². The second-order valence-corrected chi connectivity index (χ2v) is 4.02. The van der Waals surface area contributed by atoms with E-state index >= 15 is 0 Å². The van der Waals surface area contributed by atoms with Crippen LogP contribution in [0, 0.1) is 0 Å². The fourth-order valence-electron chi connectivity index (χ4n) is 2.17. The van der Waals surface area contributed by atoms with Gasteiger partial charge in [0.05, 0.1) is 5.52 Å². The zero-order valence-electron chi connectivity index (χ0n) is 9.73. The Balaban J connectivity index is 2.57. The number of rotatable bonds is 4. The first-order chi connectivity index (χ1) is 7.77. The first kappa shape index (κ1) is 10.9. The molecule has 0 spiro atoms. The molecule has 2 heterocycles. The van der Waals surface area contributed by atoms with Crippen LogP contribution in [0.5, 0.6) is 0 Å². The van der Waals surface area contributed by atoms with Crippen LogP contribution >= 0.6 is 0 Å². The van der Waals surface area contributed by atoms with Gasteiger partial charge in [-0.15, -0.1) is 0 Å². The Morgan fingerprint density at radius 3 is 3.00 bits per heavy atom. The molecule has 0 bridgehead atoms. The van der Waals surface area contributed by atoms with Gasteiger partial charge in [-0.05, 0) is 25.0 Å². The fourth-order valence-corrected chi connectivity index (χ4v) is 2.17. The highest BCUT2D eigenvalue weighted by molar-refractivity contribution is 5.70. The Bertz CT molecular complexity index is 526. The normalized spacial score (nSPS) is 13.1. The highest BCUT2D eigenvalue weighted by atomic mass is 16.1.